The van der Waals surface area contributed by atoms with Gasteiger partial charge in [-0.25, -0.2) is 4.79 Å². The highest BCUT2D eigenvalue weighted by atomic mass is 35.5. The summed E-state index contributed by atoms with van der Waals surface area (Å²) in [5.74, 6) is -1.79. The molecule has 1 heterocycles. The third-order valence-corrected chi connectivity index (χ3v) is 4.86. The average Bonchev–Trinajstić information content (AvgIpc) is 2.88. The number of carbonyl (C=O) groups is 1. The number of nitrogens with zero attached hydrogens (tertiary/aromatic N) is 1. The molecule has 0 spiro atoms. The number of phenolic OH excluding ortho intramolecular Hbond substituents is 1. The maximum Gasteiger partial charge on any atom is 0.335 e. The summed E-state index contributed by atoms with van der Waals surface area (Å²) in [5, 5.41) is 18.2. The maximum atomic E-state index is 12.1. The fraction of sp³-hybridized carbons (Fsp3) is 0.364. The summed E-state index contributed by atoms with van der Waals surface area (Å²) < 4.78 is 27.6. The molecule has 1 aliphatic rings. The summed E-state index contributed by atoms with van der Waals surface area (Å²) in [5.41, 5.74) is -0.415. The molecule has 9 heteroatoms. The first-order valence-corrected chi connectivity index (χ1v) is 7.67. The molecule has 0 radical (unpaired) electrons. The van der Waals surface area contributed by atoms with Crippen molar-refractivity contribution >= 4 is 33.5 Å². The first-order chi connectivity index (χ1) is 9.31. The zero-order chi connectivity index (χ0) is 14.9. The lowest BCUT2D eigenvalue weighted by Crippen LogP contribution is -2.33. The van der Waals surface area contributed by atoms with E-state index in [2.05, 4.69) is 4.72 Å². The zero-order valence-electron chi connectivity index (χ0n) is 10.3. The standard InChI is InChI=1S/C11H13ClN2O5S/c12-10-8(5-7(11(16)17)6-9(10)15)13-20(18,19)14-3-1-2-4-14/h5-6,13,15H,1-4H2,(H,16,17). The van der Waals surface area contributed by atoms with Crippen LogP contribution in [0.25, 0.3) is 0 Å². The molecule has 0 amide bonds. The Kier molecular flexibility index (Phi) is 4.07. The fourth-order valence-electron chi connectivity index (χ4n) is 1.94. The number of rotatable bonds is 4. The second-order valence-electron chi connectivity index (χ2n) is 4.38. The molecule has 0 unspecified atom stereocenters. The van der Waals surface area contributed by atoms with Crippen molar-refractivity contribution in [1.29, 1.82) is 0 Å². The van der Waals surface area contributed by atoms with Crippen LogP contribution in [-0.2, 0) is 10.2 Å². The first-order valence-electron chi connectivity index (χ1n) is 5.85. The predicted molar refractivity (Wildman–Crippen MR) is 73.4 cm³/mol. The molecular weight excluding hydrogens is 308 g/mol. The molecule has 7 nitrogen and oxygen atoms in total. The number of carboxylic acids is 1. The van der Waals surface area contributed by atoms with E-state index in [4.69, 9.17) is 16.7 Å². The minimum atomic E-state index is -3.80. The van der Waals surface area contributed by atoms with Gasteiger partial charge in [0.2, 0.25) is 0 Å². The molecule has 1 fully saturated rings. The number of phenols is 1. The SMILES string of the molecule is O=C(O)c1cc(O)c(Cl)c(NS(=O)(=O)N2CCCC2)c1. The van der Waals surface area contributed by atoms with Gasteiger partial charge >= 0.3 is 16.2 Å². The Morgan fingerprint density at radius 3 is 2.45 bits per heavy atom. The van der Waals surface area contributed by atoms with Gasteiger partial charge in [-0.2, -0.15) is 12.7 Å². The Labute approximate surface area is 121 Å². The molecule has 110 valence electrons. The van der Waals surface area contributed by atoms with Gasteiger partial charge in [0, 0.05) is 13.1 Å². The van der Waals surface area contributed by atoms with Gasteiger partial charge in [0.1, 0.15) is 10.8 Å². The molecule has 1 saturated heterocycles. The zero-order valence-corrected chi connectivity index (χ0v) is 11.9. The van der Waals surface area contributed by atoms with Crippen molar-refractivity contribution in [2.75, 3.05) is 17.8 Å². The van der Waals surface area contributed by atoms with E-state index >= 15 is 0 Å². The van der Waals surface area contributed by atoms with Gasteiger partial charge in [0.05, 0.1) is 11.3 Å². The van der Waals surface area contributed by atoms with Gasteiger partial charge in [-0.3, -0.25) is 4.72 Å². The van der Waals surface area contributed by atoms with Crippen LogP contribution in [0.4, 0.5) is 5.69 Å². The van der Waals surface area contributed by atoms with Crippen molar-refractivity contribution in [1.82, 2.24) is 4.31 Å². The highest BCUT2D eigenvalue weighted by molar-refractivity contribution is 7.90. The number of benzene rings is 1. The van der Waals surface area contributed by atoms with Crippen LogP contribution < -0.4 is 4.72 Å². The monoisotopic (exact) mass is 320 g/mol. The molecule has 20 heavy (non-hydrogen) atoms. The average molecular weight is 321 g/mol. The van der Waals surface area contributed by atoms with Crippen molar-refractivity contribution in [2.45, 2.75) is 12.8 Å². The normalized spacial score (nSPS) is 16.2. The number of hydrogen-bond donors (Lipinski definition) is 3. The van der Waals surface area contributed by atoms with E-state index in [0.717, 1.165) is 25.0 Å². The van der Waals surface area contributed by atoms with E-state index in [1.807, 2.05) is 0 Å². The van der Waals surface area contributed by atoms with Gasteiger partial charge in [0.15, 0.2) is 0 Å². The summed E-state index contributed by atoms with van der Waals surface area (Å²) in [4.78, 5) is 10.9. The van der Waals surface area contributed by atoms with Crippen LogP contribution in [0.15, 0.2) is 12.1 Å². The maximum absolute atomic E-state index is 12.1. The van der Waals surface area contributed by atoms with Crippen molar-refractivity contribution < 1.29 is 23.4 Å². The second kappa shape index (κ2) is 5.47. The van der Waals surface area contributed by atoms with Gasteiger partial charge in [-0.05, 0) is 25.0 Å². The molecule has 1 aliphatic heterocycles. The minimum absolute atomic E-state index is 0.157. The van der Waals surface area contributed by atoms with Crippen molar-refractivity contribution in [3.8, 4) is 5.75 Å². The van der Waals surface area contributed by atoms with E-state index in [9.17, 15) is 18.3 Å². The highest BCUT2D eigenvalue weighted by Gasteiger charge is 2.26. The van der Waals surface area contributed by atoms with Crippen LogP contribution in [0.5, 0.6) is 5.75 Å². The fourth-order valence-corrected chi connectivity index (χ4v) is 3.46. The third-order valence-electron chi connectivity index (χ3n) is 2.94. The molecule has 1 aromatic rings. The van der Waals surface area contributed by atoms with E-state index < -0.39 is 21.9 Å². The van der Waals surface area contributed by atoms with Crippen molar-refractivity contribution in [3.05, 3.63) is 22.7 Å². The van der Waals surface area contributed by atoms with Crippen LogP contribution in [0.1, 0.15) is 23.2 Å². The molecule has 0 aromatic heterocycles. The Hall–Kier alpha value is -1.51. The Balaban J connectivity index is 2.35. The topological polar surface area (TPSA) is 107 Å². The summed E-state index contributed by atoms with van der Waals surface area (Å²) >= 11 is 5.79. The van der Waals surface area contributed by atoms with Crippen LogP contribution in [-0.4, -0.2) is 42.0 Å². The van der Waals surface area contributed by atoms with Gasteiger partial charge in [0.25, 0.3) is 0 Å². The lowest BCUT2D eigenvalue weighted by Gasteiger charge is -2.18. The van der Waals surface area contributed by atoms with Crippen molar-refractivity contribution in [3.63, 3.8) is 0 Å². The van der Waals surface area contributed by atoms with Crippen LogP contribution >= 0.6 is 11.6 Å². The number of anilines is 1. The van der Waals surface area contributed by atoms with E-state index in [-0.39, 0.29) is 16.3 Å². The summed E-state index contributed by atoms with van der Waals surface area (Å²) in [7, 11) is -3.80. The Morgan fingerprint density at radius 1 is 1.30 bits per heavy atom. The molecule has 1 aromatic carbocycles. The number of aromatic hydroxyl groups is 1. The smallest absolute Gasteiger partial charge is 0.335 e. The van der Waals surface area contributed by atoms with Crippen LogP contribution in [0.2, 0.25) is 5.02 Å². The van der Waals surface area contributed by atoms with E-state index in [1.54, 1.807) is 0 Å². The van der Waals surface area contributed by atoms with Crippen LogP contribution in [0.3, 0.4) is 0 Å². The minimum Gasteiger partial charge on any atom is -0.506 e. The number of halogens is 1. The van der Waals surface area contributed by atoms with Crippen LogP contribution in [0, 0.1) is 0 Å². The van der Waals surface area contributed by atoms with E-state index in [1.165, 1.54) is 4.31 Å². The van der Waals surface area contributed by atoms with Gasteiger partial charge < -0.3 is 10.2 Å². The second-order valence-corrected chi connectivity index (χ2v) is 6.42. The quantitative estimate of drug-likeness (QED) is 0.779. The summed E-state index contributed by atoms with van der Waals surface area (Å²) in [6, 6.07) is 2.02. The Bertz CT molecular complexity index is 640. The number of aromatic carboxylic acids is 1. The number of hydrogen-bond acceptors (Lipinski definition) is 4. The highest BCUT2D eigenvalue weighted by Crippen LogP contribution is 2.34. The Morgan fingerprint density at radius 2 is 1.90 bits per heavy atom. The van der Waals surface area contributed by atoms with Gasteiger partial charge in [-0.1, -0.05) is 11.6 Å². The van der Waals surface area contributed by atoms with E-state index in [0.29, 0.717) is 13.1 Å². The molecule has 0 atom stereocenters. The predicted octanol–water partition coefficient (Wildman–Crippen LogP) is 1.50. The van der Waals surface area contributed by atoms with Crippen molar-refractivity contribution in [2.24, 2.45) is 0 Å². The molecule has 0 saturated carbocycles. The first kappa shape index (κ1) is 14.9. The molecule has 3 N–H and O–H groups in total. The lowest BCUT2D eigenvalue weighted by atomic mass is 10.2. The molecule has 0 aliphatic carbocycles. The number of nitrogens with one attached hydrogen (secondary N) is 1. The molecule has 2 rings (SSSR count). The largest absolute Gasteiger partial charge is 0.506 e. The third kappa shape index (κ3) is 2.97. The molecule has 0 bridgehead atoms. The lowest BCUT2D eigenvalue weighted by molar-refractivity contribution is 0.0696. The van der Waals surface area contributed by atoms with Gasteiger partial charge in [-0.15, -0.1) is 0 Å². The summed E-state index contributed by atoms with van der Waals surface area (Å²) in [6.07, 6.45) is 1.55. The number of carboxylic acid groups (broad SMARTS) is 1. The molecular formula is C11H13ClN2O5S. The summed E-state index contributed by atoms with van der Waals surface area (Å²) in [6.45, 7) is 0.801.